The molecule has 3 aromatic carbocycles. The molecule has 9 heteroatoms. The van der Waals surface area contributed by atoms with Gasteiger partial charge < -0.3 is 9.47 Å². The summed E-state index contributed by atoms with van der Waals surface area (Å²) in [6, 6.07) is 21.8. The van der Waals surface area contributed by atoms with Crippen molar-refractivity contribution in [1.82, 2.24) is 9.47 Å². The number of nitrogens with zero attached hydrogens (tertiary/aromatic N) is 4. The van der Waals surface area contributed by atoms with E-state index in [-0.39, 0.29) is 35.6 Å². The van der Waals surface area contributed by atoms with Gasteiger partial charge in [-0.25, -0.2) is 4.39 Å². The molecule has 0 spiro atoms. The third-order valence-electron chi connectivity index (χ3n) is 6.69. The highest BCUT2D eigenvalue weighted by Gasteiger charge is 2.37. The molecule has 1 aromatic heterocycles. The zero-order valence-electron chi connectivity index (χ0n) is 20.8. The molecule has 0 fully saturated rings. The number of carbonyl (C=O) groups is 2. The normalized spacial score (nSPS) is 14.1. The number of amides is 2. The van der Waals surface area contributed by atoms with Gasteiger partial charge in [0.2, 0.25) is 5.91 Å². The summed E-state index contributed by atoms with van der Waals surface area (Å²) >= 11 is 0. The molecule has 1 unspecified atom stereocenters. The van der Waals surface area contributed by atoms with Crippen LogP contribution in [0.4, 0.5) is 15.8 Å². The summed E-state index contributed by atoms with van der Waals surface area (Å²) < 4.78 is 15.8. The first-order chi connectivity index (χ1) is 18.3. The van der Waals surface area contributed by atoms with Crippen molar-refractivity contribution in [3.63, 3.8) is 0 Å². The van der Waals surface area contributed by atoms with E-state index in [2.05, 4.69) is 0 Å². The number of benzene rings is 3. The Hall–Kier alpha value is -4.79. The summed E-state index contributed by atoms with van der Waals surface area (Å²) in [5, 5.41) is 11.0. The summed E-state index contributed by atoms with van der Waals surface area (Å²) in [6.45, 7) is 3.40. The fraction of sp³-hybridized carbons (Fsp3) is 0.172. The second kappa shape index (κ2) is 9.93. The van der Waals surface area contributed by atoms with Gasteiger partial charge in [0, 0.05) is 29.9 Å². The minimum atomic E-state index is -0.545. The van der Waals surface area contributed by atoms with Crippen LogP contribution in [0.25, 0.3) is 5.69 Å². The SMILES string of the molecule is CC(C)N(CC(=O)N1c2ccccc2-n2cccc2C1c1ccc(F)cc1)C(=O)c1ccc([N+](=O)[O-])cc1. The van der Waals surface area contributed by atoms with Gasteiger partial charge in [-0.2, -0.15) is 0 Å². The smallest absolute Gasteiger partial charge is 0.269 e. The first-order valence-corrected chi connectivity index (χ1v) is 12.2. The molecule has 1 aliphatic heterocycles. The van der Waals surface area contributed by atoms with Gasteiger partial charge in [0.05, 0.1) is 22.0 Å². The Kier molecular flexibility index (Phi) is 6.50. The Balaban J connectivity index is 1.54. The van der Waals surface area contributed by atoms with Gasteiger partial charge in [0.15, 0.2) is 0 Å². The molecule has 0 saturated carbocycles. The Labute approximate surface area is 218 Å². The molecule has 0 saturated heterocycles. The summed E-state index contributed by atoms with van der Waals surface area (Å²) in [6.07, 6.45) is 1.92. The highest BCUT2D eigenvalue weighted by Crippen LogP contribution is 2.42. The quantitative estimate of drug-likeness (QED) is 0.252. The number of fused-ring (bicyclic) bond motifs is 3. The van der Waals surface area contributed by atoms with Crippen molar-refractivity contribution in [2.24, 2.45) is 0 Å². The van der Waals surface area contributed by atoms with Crippen molar-refractivity contribution in [3.8, 4) is 5.69 Å². The van der Waals surface area contributed by atoms with Crippen LogP contribution in [-0.4, -0.2) is 38.8 Å². The van der Waals surface area contributed by atoms with Gasteiger partial charge in [0.1, 0.15) is 18.4 Å². The van der Waals surface area contributed by atoms with Crippen molar-refractivity contribution >= 4 is 23.2 Å². The molecule has 1 aliphatic rings. The number of hydrogen-bond donors (Lipinski definition) is 0. The molecule has 0 radical (unpaired) electrons. The Morgan fingerprint density at radius 2 is 1.61 bits per heavy atom. The second-order valence-electron chi connectivity index (χ2n) is 9.34. The molecule has 2 heterocycles. The lowest BCUT2D eigenvalue weighted by Gasteiger charge is -2.40. The maximum Gasteiger partial charge on any atom is 0.269 e. The Morgan fingerprint density at radius 3 is 2.24 bits per heavy atom. The number of anilines is 1. The topological polar surface area (TPSA) is 88.7 Å². The van der Waals surface area contributed by atoms with E-state index in [0.717, 1.165) is 16.9 Å². The molecular weight excluding hydrogens is 487 g/mol. The molecule has 0 bridgehead atoms. The molecule has 1 atom stereocenters. The van der Waals surface area contributed by atoms with Crippen LogP contribution in [0.2, 0.25) is 0 Å². The van der Waals surface area contributed by atoms with Crippen LogP contribution in [0, 0.1) is 15.9 Å². The molecular formula is C29H25FN4O4. The van der Waals surface area contributed by atoms with Crippen LogP contribution < -0.4 is 4.90 Å². The van der Waals surface area contributed by atoms with Crippen LogP contribution in [0.15, 0.2) is 91.1 Å². The fourth-order valence-electron chi connectivity index (χ4n) is 4.82. The second-order valence-corrected chi connectivity index (χ2v) is 9.34. The summed E-state index contributed by atoms with van der Waals surface area (Å²) in [5.74, 6) is -1.10. The Bertz CT molecular complexity index is 1510. The van der Waals surface area contributed by atoms with E-state index >= 15 is 0 Å². The monoisotopic (exact) mass is 512 g/mol. The van der Waals surface area contributed by atoms with Crippen molar-refractivity contribution in [1.29, 1.82) is 0 Å². The van der Waals surface area contributed by atoms with Crippen LogP contribution in [-0.2, 0) is 4.79 Å². The average Bonchev–Trinajstić information content (AvgIpc) is 3.41. The van der Waals surface area contributed by atoms with Gasteiger partial charge >= 0.3 is 0 Å². The van der Waals surface area contributed by atoms with Crippen molar-refractivity contribution in [2.45, 2.75) is 25.9 Å². The number of aromatic nitrogens is 1. The van der Waals surface area contributed by atoms with Crippen LogP contribution in [0.3, 0.4) is 0 Å². The highest BCUT2D eigenvalue weighted by atomic mass is 19.1. The van der Waals surface area contributed by atoms with Crippen molar-refractivity contribution in [2.75, 3.05) is 11.4 Å². The molecule has 5 rings (SSSR count). The van der Waals surface area contributed by atoms with E-state index in [1.807, 2.05) is 61.0 Å². The Morgan fingerprint density at radius 1 is 0.947 bits per heavy atom. The van der Waals surface area contributed by atoms with Gasteiger partial charge in [0.25, 0.3) is 11.6 Å². The molecule has 38 heavy (non-hydrogen) atoms. The standard InChI is InChI=1S/C29H25FN4O4/c1-19(2)32(29(36)21-11-15-23(16-12-21)34(37)38)18-27(35)33-25-7-4-3-6-24(25)31-17-5-8-26(31)28(33)20-9-13-22(30)14-10-20/h3-17,19,28H,18H2,1-2H3. The first kappa shape index (κ1) is 24.9. The van der Waals surface area contributed by atoms with E-state index < -0.39 is 16.9 Å². The highest BCUT2D eigenvalue weighted by molar-refractivity contribution is 6.02. The minimum absolute atomic E-state index is 0.121. The molecule has 8 nitrogen and oxygen atoms in total. The van der Waals surface area contributed by atoms with Gasteiger partial charge in [-0.15, -0.1) is 0 Å². The van der Waals surface area contributed by atoms with E-state index in [9.17, 15) is 24.1 Å². The lowest BCUT2D eigenvalue weighted by molar-refractivity contribution is -0.384. The summed E-state index contributed by atoms with van der Waals surface area (Å²) in [7, 11) is 0. The third kappa shape index (κ3) is 4.43. The molecule has 4 aromatic rings. The molecule has 192 valence electrons. The molecule has 0 aliphatic carbocycles. The zero-order valence-corrected chi connectivity index (χ0v) is 20.8. The number of halogens is 1. The van der Waals surface area contributed by atoms with E-state index in [4.69, 9.17) is 0 Å². The van der Waals surface area contributed by atoms with Crippen molar-refractivity contribution in [3.05, 3.63) is 124 Å². The number of rotatable bonds is 6. The van der Waals surface area contributed by atoms with E-state index in [1.54, 1.807) is 17.0 Å². The largest absolute Gasteiger partial charge is 0.327 e. The molecule has 2 amide bonds. The average molecular weight is 513 g/mol. The predicted octanol–water partition coefficient (Wildman–Crippen LogP) is 5.51. The number of hydrogen-bond acceptors (Lipinski definition) is 4. The van der Waals surface area contributed by atoms with Crippen LogP contribution >= 0.6 is 0 Å². The molecule has 0 N–H and O–H groups in total. The fourth-order valence-corrected chi connectivity index (χ4v) is 4.82. The number of nitro benzene ring substituents is 1. The minimum Gasteiger partial charge on any atom is -0.327 e. The zero-order chi connectivity index (χ0) is 27.0. The van der Waals surface area contributed by atoms with Gasteiger partial charge in [-0.3, -0.25) is 24.6 Å². The maximum absolute atomic E-state index is 14.1. The van der Waals surface area contributed by atoms with Crippen LogP contribution in [0.5, 0.6) is 0 Å². The number of nitro groups is 1. The lowest BCUT2D eigenvalue weighted by atomic mass is 9.97. The third-order valence-corrected chi connectivity index (χ3v) is 6.69. The first-order valence-electron chi connectivity index (χ1n) is 12.2. The summed E-state index contributed by atoms with van der Waals surface area (Å²) in [5.41, 5.74) is 3.18. The number of carbonyl (C=O) groups excluding carboxylic acids is 2. The number of para-hydroxylation sites is 2. The van der Waals surface area contributed by atoms with E-state index in [0.29, 0.717) is 5.69 Å². The van der Waals surface area contributed by atoms with E-state index in [1.165, 1.54) is 41.3 Å². The van der Waals surface area contributed by atoms with Gasteiger partial charge in [-0.05, 0) is 67.9 Å². The predicted molar refractivity (Wildman–Crippen MR) is 141 cm³/mol. The van der Waals surface area contributed by atoms with Crippen LogP contribution in [0.1, 0.15) is 41.5 Å². The number of non-ortho nitro benzene ring substituents is 1. The van der Waals surface area contributed by atoms with Crippen molar-refractivity contribution < 1.29 is 18.9 Å². The lowest BCUT2D eigenvalue weighted by Crippen LogP contribution is -2.48. The maximum atomic E-state index is 14.1. The van der Waals surface area contributed by atoms with Gasteiger partial charge in [-0.1, -0.05) is 24.3 Å². The summed E-state index contributed by atoms with van der Waals surface area (Å²) in [4.78, 5) is 41.1.